The summed E-state index contributed by atoms with van der Waals surface area (Å²) in [6.07, 6.45) is 0. The van der Waals surface area contributed by atoms with Gasteiger partial charge in [0.05, 0.1) is 0 Å². The lowest BCUT2D eigenvalue weighted by Crippen LogP contribution is -2.10. The summed E-state index contributed by atoms with van der Waals surface area (Å²) in [5.74, 6) is 0.0381. The Balaban J connectivity index is 1.08. The second-order valence-corrected chi connectivity index (χ2v) is 14.9. The number of hydrogen-bond acceptors (Lipinski definition) is 6. The molecule has 0 aliphatic heterocycles. The van der Waals surface area contributed by atoms with Crippen molar-refractivity contribution in [2.75, 3.05) is 9.80 Å². The minimum absolute atomic E-state index is 0.347. The van der Waals surface area contributed by atoms with E-state index >= 15 is 0 Å². The Morgan fingerprint density at radius 3 is 0.758 bits per heavy atom. The summed E-state index contributed by atoms with van der Waals surface area (Å²) in [5.41, 5.74) is 13.2. The molecule has 302 valence electrons. The van der Waals surface area contributed by atoms with E-state index in [1.807, 2.05) is 36.4 Å². The SMILES string of the molecule is C=C(C)C(=O)Oc1ccc(-c2ccc(N(c3ccc(-c4ccc(OC(=O)C(=C)C)cc4)cc3)c3ccc(-c4ccc(N(c5ccccc5)c5ccccc5)cc4)cc3)cc2)cc1. The highest BCUT2D eigenvalue weighted by Crippen LogP contribution is 2.39. The normalized spacial score (nSPS) is 10.7. The Morgan fingerprint density at radius 1 is 0.323 bits per heavy atom. The van der Waals surface area contributed by atoms with Crippen LogP contribution in [0.5, 0.6) is 11.5 Å². The first-order valence-electron chi connectivity index (χ1n) is 20.3. The van der Waals surface area contributed by atoms with Crippen LogP contribution in [0.15, 0.2) is 231 Å². The van der Waals surface area contributed by atoms with Crippen molar-refractivity contribution in [3.05, 3.63) is 231 Å². The van der Waals surface area contributed by atoms with Crippen LogP contribution in [0.1, 0.15) is 13.8 Å². The number of para-hydroxylation sites is 2. The molecule has 8 aromatic carbocycles. The number of carbonyl (C=O) groups is 2. The molecule has 0 spiro atoms. The fourth-order valence-electron chi connectivity index (χ4n) is 7.08. The van der Waals surface area contributed by atoms with E-state index in [1.54, 1.807) is 38.1 Å². The van der Waals surface area contributed by atoms with Gasteiger partial charge in [-0.1, -0.05) is 122 Å². The Labute approximate surface area is 362 Å². The number of nitrogens with zero attached hydrogens (tertiary/aromatic N) is 2. The molecular formula is C56H44N2O4. The van der Waals surface area contributed by atoms with Crippen molar-refractivity contribution in [2.24, 2.45) is 0 Å². The quantitative estimate of drug-likeness (QED) is 0.0657. The molecule has 0 radical (unpaired) electrons. The van der Waals surface area contributed by atoms with Crippen LogP contribution in [0.25, 0.3) is 33.4 Å². The molecule has 0 amide bonds. The van der Waals surface area contributed by atoms with E-state index in [-0.39, 0.29) is 0 Å². The predicted molar refractivity (Wildman–Crippen MR) is 253 cm³/mol. The van der Waals surface area contributed by atoms with Gasteiger partial charge in [0.2, 0.25) is 0 Å². The highest BCUT2D eigenvalue weighted by molar-refractivity contribution is 5.89. The zero-order chi connectivity index (χ0) is 43.0. The zero-order valence-corrected chi connectivity index (χ0v) is 34.6. The molecule has 0 atom stereocenters. The van der Waals surface area contributed by atoms with Gasteiger partial charge in [-0.15, -0.1) is 0 Å². The maximum absolute atomic E-state index is 12.0. The van der Waals surface area contributed by atoms with Crippen LogP contribution >= 0.6 is 0 Å². The van der Waals surface area contributed by atoms with Crippen molar-refractivity contribution in [3.8, 4) is 44.9 Å². The molecular weight excluding hydrogens is 765 g/mol. The maximum Gasteiger partial charge on any atom is 0.338 e. The molecule has 8 rings (SSSR count). The standard InChI is InChI=1S/C56H44N2O4/c1-39(2)55(59)61-53-35-23-45(24-36-53)43-19-31-51(32-20-43)58(52-33-21-44(22-34-52)46-25-37-54(38-26-46)62-56(60)40(3)4)50-29-17-42(18-30-50)41-15-27-49(28-16-41)57(47-11-7-5-8-12-47)48-13-9-6-10-14-48/h5-38H,1,3H2,2,4H3. The minimum Gasteiger partial charge on any atom is -0.423 e. The van der Waals surface area contributed by atoms with E-state index in [2.05, 4.69) is 169 Å². The zero-order valence-electron chi connectivity index (χ0n) is 34.6. The average molecular weight is 809 g/mol. The van der Waals surface area contributed by atoms with Crippen molar-refractivity contribution < 1.29 is 19.1 Å². The van der Waals surface area contributed by atoms with Gasteiger partial charge in [-0.2, -0.15) is 0 Å². The summed E-state index contributed by atoms with van der Waals surface area (Å²) in [4.78, 5) is 28.5. The first kappa shape index (κ1) is 40.6. The van der Waals surface area contributed by atoms with Gasteiger partial charge in [0.1, 0.15) is 11.5 Å². The fraction of sp³-hybridized carbons (Fsp3) is 0.0357. The van der Waals surface area contributed by atoms with Gasteiger partial charge in [0.25, 0.3) is 0 Å². The lowest BCUT2D eigenvalue weighted by molar-refractivity contribution is -0.130. The molecule has 6 nitrogen and oxygen atoms in total. The van der Waals surface area contributed by atoms with Gasteiger partial charge >= 0.3 is 11.9 Å². The average Bonchev–Trinajstić information content (AvgIpc) is 3.31. The lowest BCUT2D eigenvalue weighted by Gasteiger charge is -2.26. The Bertz CT molecular complexity index is 2660. The molecule has 0 unspecified atom stereocenters. The van der Waals surface area contributed by atoms with Gasteiger partial charge in [0, 0.05) is 45.3 Å². The van der Waals surface area contributed by atoms with Crippen LogP contribution in [-0.2, 0) is 9.59 Å². The molecule has 0 N–H and O–H groups in total. The molecule has 6 heteroatoms. The molecule has 8 aromatic rings. The van der Waals surface area contributed by atoms with E-state index in [0.717, 1.165) is 67.5 Å². The van der Waals surface area contributed by atoms with Crippen molar-refractivity contribution in [1.82, 2.24) is 0 Å². The molecule has 0 aliphatic rings. The summed E-state index contributed by atoms with van der Waals surface area (Å²) < 4.78 is 10.8. The third-order valence-electron chi connectivity index (χ3n) is 10.4. The Hall–Kier alpha value is -8.22. The van der Waals surface area contributed by atoms with Crippen molar-refractivity contribution in [1.29, 1.82) is 0 Å². The summed E-state index contributed by atoms with van der Waals surface area (Å²) in [6, 6.07) is 69.9. The minimum atomic E-state index is -0.449. The molecule has 0 bridgehead atoms. The molecule has 0 saturated heterocycles. The van der Waals surface area contributed by atoms with Crippen LogP contribution in [0.3, 0.4) is 0 Å². The van der Waals surface area contributed by atoms with Crippen LogP contribution in [0.2, 0.25) is 0 Å². The number of carbonyl (C=O) groups excluding carboxylic acids is 2. The maximum atomic E-state index is 12.0. The monoisotopic (exact) mass is 808 g/mol. The summed E-state index contributed by atoms with van der Waals surface area (Å²) >= 11 is 0. The highest BCUT2D eigenvalue weighted by atomic mass is 16.5. The Morgan fingerprint density at radius 2 is 0.532 bits per heavy atom. The summed E-state index contributed by atoms with van der Waals surface area (Å²) in [6.45, 7) is 10.6. The van der Waals surface area contributed by atoms with Crippen molar-refractivity contribution in [3.63, 3.8) is 0 Å². The van der Waals surface area contributed by atoms with Gasteiger partial charge in [-0.25, -0.2) is 9.59 Å². The predicted octanol–water partition coefficient (Wildman–Crippen LogP) is 14.6. The van der Waals surface area contributed by atoms with E-state index in [4.69, 9.17) is 9.47 Å². The molecule has 0 fully saturated rings. The first-order chi connectivity index (χ1) is 30.2. The number of esters is 2. The summed E-state index contributed by atoms with van der Waals surface area (Å²) in [7, 11) is 0. The third kappa shape index (κ3) is 9.31. The smallest absolute Gasteiger partial charge is 0.338 e. The molecule has 62 heavy (non-hydrogen) atoms. The third-order valence-corrected chi connectivity index (χ3v) is 10.4. The van der Waals surface area contributed by atoms with E-state index in [9.17, 15) is 9.59 Å². The summed E-state index contributed by atoms with van der Waals surface area (Å²) in [5, 5.41) is 0. The highest BCUT2D eigenvalue weighted by Gasteiger charge is 2.16. The van der Waals surface area contributed by atoms with Gasteiger partial charge in [-0.05, 0) is 144 Å². The second-order valence-electron chi connectivity index (χ2n) is 14.9. The first-order valence-corrected chi connectivity index (χ1v) is 20.3. The molecule has 0 aromatic heterocycles. The van der Waals surface area contributed by atoms with Crippen molar-refractivity contribution in [2.45, 2.75) is 13.8 Å². The second kappa shape index (κ2) is 18.4. The topological polar surface area (TPSA) is 59.1 Å². The molecule has 0 saturated carbocycles. The number of hydrogen-bond donors (Lipinski definition) is 0. The lowest BCUT2D eigenvalue weighted by atomic mass is 10.0. The van der Waals surface area contributed by atoms with Crippen LogP contribution in [0.4, 0.5) is 34.1 Å². The van der Waals surface area contributed by atoms with Crippen LogP contribution in [0, 0.1) is 0 Å². The van der Waals surface area contributed by atoms with Gasteiger partial charge < -0.3 is 19.3 Å². The number of rotatable bonds is 13. The van der Waals surface area contributed by atoms with Crippen molar-refractivity contribution >= 4 is 46.1 Å². The van der Waals surface area contributed by atoms with Gasteiger partial charge in [-0.3, -0.25) is 0 Å². The van der Waals surface area contributed by atoms with Gasteiger partial charge in [0.15, 0.2) is 0 Å². The van der Waals surface area contributed by atoms with E-state index in [1.165, 1.54) is 0 Å². The number of benzene rings is 8. The molecule has 0 aliphatic carbocycles. The van der Waals surface area contributed by atoms with Crippen LogP contribution < -0.4 is 19.3 Å². The largest absolute Gasteiger partial charge is 0.423 e. The van der Waals surface area contributed by atoms with Crippen LogP contribution in [-0.4, -0.2) is 11.9 Å². The fourth-order valence-corrected chi connectivity index (χ4v) is 7.08. The molecule has 0 heterocycles. The Kier molecular flexibility index (Phi) is 12.0. The number of anilines is 6. The van der Waals surface area contributed by atoms with E-state index < -0.39 is 11.9 Å². The number of ether oxygens (including phenoxy) is 2. The van der Waals surface area contributed by atoms with E-state index in [0.29, 0.717) is 22.6 Å².